The molecule has 0 aliphatic carbocycles. The Kier molecular flexibility index (Phi) is 12.4. The van der Waals surface area contributed by atoms with Crippen molar-refractivity contribution in [2.24, 2.45) is 11.8 Å². The minimum atomic E-state index is 0. The van der Waals surface area contributed by atoms with E-state index >= 15 is 0 Å². The maximum absolute atomic E-state index is 5.85. The van der Waals surface area contributed by atoms with Gasteiger partial charge in [-0.3, -0.25) is 0 Å². The van der Waals surface area contributed by atoms with Gasteiger partial charge in [-0.05, 0) is 71.5 Å². The van der Waals surface area contributed by atoms with Crippen LogP contribution in [0.3, 0.4) is 0 Å². The van der Waals surface area contributed by atoms with Crippen molar-refractivity contribution in [1.82, 2.24) is 0 Å². The quantitative estimate of drug-likeness (QED) is 0.350. The summed E-state index contributed by atoms with van der Waals surface area (Å²) in [6.07, 6.45) is 2.30. The van der Waals surface area contributed by atoms with Gasteiger partial charge in [-0.1, -0.05) is 13.8 Å². The van der Waals surface area contributed by atoms with Gasteiger partial charge in [0.25, 0.3) is 0 Å². The molecule has 0 fully saturated rings. The van der Waals surface area contributed by atoms with E-state index in [4.69, 9.17) is 9.47 Å². The molecule has 0 N–H and O–H groups in total. The van der Waals surface area contributed by atoms with E-state index in [1.807, 2.05) is 36.4 Å². The Balaban J connectivity index is 0.00000288. The largest absolute Gasteiger partial charge is 1.00 e. The van der Waals surface area contributed by atoms with Crippen LogP contribution in [0.25, 0.3) is 0 Å². The molecule has 2 atom stereocenters. The first-order valence-corrected chi connectivity index (χ1v) is 9.18. The fraction of sp³-hybridized carbons (Fsp3) is 0.400. The number of benzene rings is 2. The molecule has 24 heavy (non-hydrogen) atoms. The van der Waals surface area contributed by atoms with Gasteiger partial charge in [0, 0.05) is 9.32 Å². The first-order chi connectivity index (χ1) is 11.1. The zero-order chi connectivity index (χ0) is 16.5. The molecule has 4 heteroatoms. The van der Waals surface area contributed by atoms with Gasteiger partial charge in [0.1, 0.15) is 5.75 Å². The van der Waals surface area contributed by atoms with Crippen molar-refractivity contribution in [1.29, 1.82) is 0 Å². The summed E-state index contributed by atoms with van der Waals surface area (Å²) in [6, 6.07) is 18.9. The Morgan fingerprint density at radius 3 is 2.04 bits per heavy atom. The first-order valence-electron chi connectivity index (χ1n) is 8.11. The van der Waals surface area contributed by atoms with Crippen LogP contribution >= 0.6 is 22.6 Å². The van der Waals surface area contributed by atoms with Crippen molar-refractivity contribution in [3.8, 4) is 11.5 Å². The van der Waals surface area contributed by atoms with Crippen molar-refractivity contribution in [2.45, 2.75) is 26.7 Å². The molecular weight excluding hydrogens is 532 g/mol. The van der Waals surface area contributed by atoms with Crippen molar-refractivity contribution in [3.63, 3.8) is 0 Å². The van der Waals surface area contributed by atoms with Gasteiger partial charge < -0.3 is 9.47 Å². The summed E-state index contributed by atoms with van der Waals surface area (Å²) in [5.74, 6) is 2.93. The molecule has 0 saturated heterocycles. The monoisotopic (exact) mass is 556 g/mol. The van der Waals surface area contributed by atoms with Gasteiger partial charge in [0.2, 0.25) is 0 Å². The van der Waals surface area contributed by atoms with Crippen LogP contribution in [0, 0.1) is 21.5 Å². The number of hydrogen-bond donors (Lipinski definition) is 0. The second-order valence-corrected chi connectivity index (χ2v) is 7.35. The molecule has 0 aromatic heterocycles. The molecule has 124 valence electrons. The Labute approximate surface area is 218 Å². The third-order valence-electron chi connectivity index (χ3n) is 3.71. The molecule has 0 amide bonds. The molecule has 0 radical (unpaired) electrons. The molecule has 0 saturated carbocycles. The summed E-state index contributed by atoms with van der Waals surface area (Å²) in [4.78, 5) is 0. The van der Waals surface area contributed by atoms with Crippen molar-refractivity contribution in [3.05, 3.63) is 58.2 Å². The van der Waals surface area contributed by atoms with Crippen LogP contribution in [0.5, 0.6) is 11.5 Å². The molecule has 0 bridgehead atoms. The molecule has 2 nitrogen and oxygen atoms in total. The van der Waals surface area contributed by atoms with Crippen molar-refractivity contribution in [2.75, 3.05) is 13.2 Å². The SMILES string of the molecule is CC(CCC(C)COc1ccc(I)cc1)COc1c[c-]ccc1.[Cs+]. The summed E-state index contributed by atoms with van der Waals surface area (Å²) >= 11 is 2.30. The minimum Gasteiger partial charge on any atom is -0.551 e. The smallest absolute Gasteiger partial charge is 0.551 e. The van der Waals surface area contributed by atoms with Crippen molar-refractivity contribution < 1.29 is 78.4 Å². The summed E-state index contributed by atoms with van der Waals surface area (Å²) in [5, 5.41) is 0. The first kappa shape index (κ1) is 22.9. The van der Waals surface area contributed by atoms with Crippen LogP contribution in [0.2, 0.25) is 0 Å². The number of rotatable bonds is 9. The van der Waals surface area contributed by atoms with E-state index in [0.29, 0.717) is 11.8 Å². The molecule has 0 heterocycles. The second-order valence-electron chi connectivity index (χ2n) is 6.10. The summed E-state index contributed by atoms with van der Waals surface area (Å²) < 4.78 is 12.9. The normalized spacial score (nSPS) is 12.8. The van der Waals surface area contributed by atoms with E-state index in [-0.39, 0.29) is 68.9 Å². The number of hydrogen-bond acceptors (Lipinski definition) is 2. The van der Waals surface area contributed by atoms with E-state index in [9.17, 15) is 0 Å². The van der Waals surface area contributed by atoms with Crippen LogP contribution in [0.4, 0.5) is 0 Å². The Bertz CT molecular complexity index is 560. The second kappa shape index (κ2) is 13.1. The van der Waals surface area contributed by atoms with E-state index < -0.39 is 0 Å². The summed E-state index contributed by atoms with van der Waals surface area (Å²) in [5.41, 5.74) is 0. The van der Waals surface area contributed by atoms with E-state index in [0.717, 1.165) is 37.6 Å². The fourth-order valence-corrected chi connectivity index (χ4v) is 2.57. The van der Waals surface area contributed by atoms with Gasteiger partial charge in [0.05, 0.1) is 13.2 Å². The Morgan fingerprint density at radius 2 is 1.50 bits per heavy atom. The molecule has 0 aliphatic heterocycles. The van der Waals surface area contributed by atoms with Gasteiger partial charge >= 0.3 is 68.9 Å². The van der Waals surface area contributed by atoms with Gasteiger partial charge in [-0.15, -0.1) is 12.1 Å². The standard InChI is InChI=1S/C20H24IO2.Cs/c1-16(14-22-19-6-4-3-5-7-19)8-9-17(2)15-23-20-12-10-18(21)11-13-20;/h3-4,6-7,10-13,16-17H,8-9,14-15H2,1-2H3;/q-1;+1. The summed E-state index contributed by atoms with van der Waals surface area (Å²) in [7, 11) is 0. The maximum Gasteiger partial charge on any atom is 1.00 e. The van der Waals surface area contributed by atoms with Gasteiger partial charge in [0.15, 0.2) is 0 Å². The molecule has 2 aromatic rings. The molecule has 2 aromatic carbocycles. The van der Waals surface area contributed by atoms with Crippen LogP contribution < -0.4 is 78.4 Å². The van der Waals surface area contributed by atoms with Crippen LogP contribution in [-0.2, 0) is 0 Å². The van der Waals surface area contributed by atoms with Crippen LogP contribution in [0.1, 0.15) is 26.7 Å². The van der Waals surface area contributed by atoms with E-state index in [1.165, 1.54) is 3.57 Å². The molecule has 0 aliphatic rings. The number of halogens is 1. The third kappa shape index (κ3) is 9.50. The molecule has 2 unspecified atom stereocenters. The van der Waals surface area contributed by atoms with E-state index in [1.54, 1.807) is 0 Å². The van der Waals surface area contributed by atoms with Crippen LogP contribution in [-0.4, -0.2) is 13.2 Å². The van der Waals surface area contributed by atoms with Gasteiger partial charge in [-0.25, -0.2) is 0 Å². The zero-order valence-corrected chi connectivity index (χ0v) is 23.2. The predicted octanol–water partition coefficient (Wildman–Crippen LogP) is 2.61. The Hall–Kier alpha value is 0.822. The maximum atomic E-state index is 5.85. The molecule has 2 rings (SSSR count). The average molecular weight is 556 g/mol. The average Bonchev–Trinajstić information content (AvgIpc) is 2.58. The van der Waals surface area contributed by atoms with Crippen molar-refractivity contribution >= 4 is 22.6 Å². The summed E-state index contributed by atoms with van der Waals surface area (Å²) in [6.45, 7) is 6.00. The molecular formula is C20H24CsIO2. The predicted molar refractivity (Wildman–Crippen MR) is 103 cm³/mol. The Morgan fingerprint density at radius 1 is 0.917 bits per heavy atom. The van der Waals surface area contributed by atoms with Crippen LogP contribution in [0.15, 0.2) is 48.5 Å². The van der Waals surface area contributed by atoms with Gasteiger partial charge in [-0.2, -0.15) is 18.2 Å². The third-order valence-corrected chi connectivity index (χ3v) is 4.43. The van der Waals surface area contributed by atoms with E-state index in [2.05, 4.69) is 54.6 Å². The zero-order valence-electron chi connectivity index (χ0n) is 14.8. The minimum absolute atomic E-state index is 0. The fourth-order valence-electron chi connectivity index (χ4n) is 2.21. The topological polar surface area (TPSA) is 18.5 Å². The number of ether oxygens (including phenoxy) is 2. The molecule has 0 spiro atoms.